The number of anilines is 2. The summed E-state index contributed by atoms with van der Waals surface area (Å²) in [6, 6.07) is 10.3. The zero-order chi connectivity index (χ0) is 27.1. The predicted octanol–water partition coefficient (Wildman–Crippen LogP) is 6.15. The van der Waals surface area contributed by atoms with Crippen LogP contribution in [-0.2, 0) is 10.0 Å². The number of rotatable bonds is 9. The molecule has 4 rings (SSSR count). The van der Waals surface area contributed by atoms with Gasteiger partial charge >= 0.3 is 0 Å². The summed E-state index contributed by atoms with van der Waals surface area (Å²) in [5, 5.41) is 3.46. The third kappa shape index (κ3) is 5.23. The van der Waals surface area contributed by atoms with Crippen LogP contribution in [-0.4, -0.2) is 42.5 Å². The summed E-state index contributed by atoms with van der Waals surface area (Å²) in [5.41, 5.74) is 4.20. The molecule has 0 amide bonds. The minimum absolute atomic E-state index is 0.211. The lowest BCUT2D eigenvalue weighted by Gasteiger charge is -2.24. The van der Waals surface area contributed by atoms with E-state index in [1.54, 1.807) is 14.0 Å². The van der Waals surface area contributed by atoms with Crippen molar-refractivity contribution in [3.63, 3.8) is 0 Å². The Kier molecular flexibility index (Phi) is 7.37. The third-order valence-corrected chi connectivity index (χ3v) is 8.05. The molecule has 0 aliphatic heterocycles. The SMILES string of the molecule is COc1c(C)c(-c2cc(F)c(N(C)S(C)(=O)=O)c(F)c2)c(OC)c(C)c1-c1ccc(NCC2CC2)cc1. The van der Waals surface area contributed by atoms with Crippen molar-refractivity contribution in [2.45, 2.75) is 26.7 Å². The normalized spacial score (nSPS) is 13.4. The molecule has 0 spiro atoms. The Balaban J connectivity index is 1.83. The Bertz CT molecular complexity index is 1410. The summed E-state index contributed by atoms with van der Waals surface area (Å²) in [4.78, 5) is 0. The molecule has 9 heteroatoms. The van der Waals surface area contributed by atoms with Crippen LogP contribution in [0.4, 0.5) is 20.2 Å². The first kappa shape index (κ1) is 26.7. The molecule has 1 aliphatic rings. The summed E-state index contributed by atoms with van der Waals surface area (Å²) in [7, 11) is 0.310. The Labute approximate surface area is 217 Å². The molecule has 0 atom stereocenters. The maximum atomic E-state index is 15.1. The van der Waals surface area contributed by atoms with Crippen molar-refractivity contribution in [3.8, 4) is 33.8 Å². The second-order valence-corrected chi connectivity index (χ2v) is 11.5. The fraction of sp³-hybridized carbons (Fsp3) is 0.357. The number of benzene rings is 3. The number of methoxy groups -OCH3 is 2. The van der Waals surface area contributed by atoms with Crippen LogP contribution in [0.2, 0.25) is 0 Å². The summed E-state index contributed by atoms with van der Waals surface area (Å²) in [5.74, 6) is -0.229. The molecule has 1 N–H and O–H groups in total. The van der Waals surface area contributed by atoms with Crippen LogP contribution in [0.5, 0.6) is 11.5 Å². The highest BCUT2D eigenvalue weighted by molar-refractivity contribution is 7.92. The van der Waals surface area contributed by atoms with Gasteiger partial charge in [0.05, 0.1) is 20.5 Å². The van der Waals surface area contributed by atoms with Crippen LogP contribution in [0.1, 0.15) is 24.0 Å². The van der Waals surface area contributed by atoms with E-state index < -0.39 is 27.3 Å². The minimum atomic E-state index is -3.86. The van der Waals surface area contributed by atoms with Gasteiger partial charge in [-0.05, 0) is 68.0 Å². The molecule has 0 aromatic heterocycles. The van der Waals surface area contributed by atoms with Crippen LogP contribution in [0.25, 0.3) is 22.3 Å². The summed E-state index contributed by atoms with van der Waals surface area (Å²) < 4.78 is 66.1. The smallest absolute Gasteiger partial charge is 0.232 e. The second kappa shape index (κ2) is 10.2. The standard InChI is InChI=1S/C28H32F2N2O4S/c1-16-24(19-9-11-21(12-10-19)31-15-18-7-8-18)27(35-4)17(2)25(28(16)36-5)20-13-22(29)26(23(30)14-20)32(3)37(6,33)34/h9-14,18,31H,7-8,15H2,1-6H3. The number of halogens is 2. The molecule has 0 unspecified atom stereocenters. The van der Waals surface area contributed by atoms with E-state index in [2.05, 4.69) is 5.32 Å². The molecular weight excluding hydrogens is 498 g/mol. The largest absolute Gasteiger partial charge is 0.496 e. The van der Waals surface area contributed by atoms with E-state index in [1.165, 1.54) is 20.0 Å². The quantitative estimate of drug-likeness (QED) is 0.359. The highest BCUT2D eigenvalue weighted by Crippen LogP contribution is 2.48. The van der Waals surface area contributed by atoms with Crippen molar-refractivity contribution in [3.05, 3.63) is 59.2 Å². The molecule has 0 saturated heterocycles. The number of ether oxygens (including phenoxy) is 2. The molecule has 0 heterocycles. The average Bonchev–Trinajstić information content (AvgIpc) is 3.67. The number of sulfonamides is 1. The molecule has 3 aromatic rings. The van der Waals surface area contributed by atoms with Gasteiger partial charge in [-0.3, -0.25) is 4.31 Å². The molecule has 0 radical (unpaired) electrons. The van der Waals surface area contributed by atoms with E-state index in [0.29, 0.717) is 26.9 Å². The van der Waals surface area contributed by atoms with E-state index in [0.717, 1.165) is 60.3 Å². The van der Waals surface area contributed by atoms with Crippen LogP contribution in [0.15, 0.2) is 36.4 Å². The lowest BCUT2D eigenvalue weighted by atomic mass is 9.89. The lowest BCUT2D eigenvalue weighted by molar-refractivity contribution is 0.401. The van der Waals surface area contributed by atoms with Crippen molar-refractivity contribution in [2.24, 2.45) is 5.92 Å². The van der Waals surface area contributed by atoms with Crippen LogP contribution in [0, 0.1) is 31.4 Å². The van der Waals surface area contributed by atoms with Crippen molar-refractivity contribution in [1.82, 2.24) is 0 Å². The van der Waals surface area contributed by atoms with Gasteiger partial charge in [-0.2, -0.15) is 0 Å². The van der Waals surface area contributed by atoms with Gasteiger partial charge < -0.3 is 14.8 Å². The van der Waals surface area contributed by atoms with Gasteiger partial charge in [0.2, 0.25) is 10.0 Å². The summed E-state index contributed by atoms with van der Waals surface area (Å²) in [6.07, 6.45) is 3.44. The summed E-state index contributed by atoms with van der Waals surface area (Å²) in [6.45, 7) is 4.64. The lowest BCUT2D eigenvalue weighted by Crippen LogP contribution is -2.26. The molecular formula is C28H32F2N2O4S. The van der Waals surface area contributed by atoms with Crippen molar-refractivity contribution in [2.75, 3.05) is 43.7 Å². The van der Waals surface area contributed by atoms with Gasteiger partial charge in [0.1, 0.15) is 17.2 Å². The van der Waals surface area contributed by atoms with E-state index >= 15 is 8.78 Å². The number of nitrogens with zero attached hydrogens (tertiary/aromatic N) is 1. The highest BCUT2D eigenvalue weighted by atomic mass is 32.2. The number of nitrogens with one attached hydrogen (secondary N) is 1. The second-order valence-electron chi connectivity index (χ2n) is 9.49. The number of hydrogen-bond donors (Lipinski definition) is 1. The third-order valence-electron chi connectivity index (χ3n) is 6.88. The monoisotopic (exact) mass is 530 g/mol. The minimum Gasteiger partial charge on any atom is -0.496 e. The van der Waals surface area contributed by atoms with Crippen molar-refractivity contribution < 1.29 is 26.7 Å². The van der Waals surface area contributed by atoms with Gasteiger partial charge in [0.25, 0.3) is 0 Å². The Hall–Kier alpha value is -3.33. The maximum absolute atomic E-state index is 15.1. The predicted molar refractivity (Wildman–Crippen MR) is 144 cm³/mol. The van der Waals surface area contributed by atoms with E-state index in [-0.39, 0.29) is 5.56 Å². The van der Waals surface area contributed by atoms with Crippen molar-refractivity contribution >= 4 is 21.4 Å². The fourth-order valence-corrected chi connectivity index (χ4v) is 5.17. The van der Waals surface area contributed by atoms with E-state index in [1.807, 2.05) is 31.2 Å². The number of hydrogen-bond acceptors (Lipinski definition) is 5. The summed E-state index contributed by atoms with van der Waals surface area (Å²) >= 11 is 0. The maximum Gasteiger partial charge on any atom is 0.232 e. The molecule has 1 saturated carbocycles. The van der Waals surface area contributed by atoms with Crippen LogP contribution < -0.4 is 19.1 Å². The average molecular weight is 531 g/mol. The molecule has 1 fully saturated rings. The molecule has 37 heavy (non-hydrogen) atoms. The Morgan fingerprint density at radius 1 is 0.919 bits per heavy atom. The van der Waals surface area contributed by atoms with Crippen molar-refractivity contribution in [1.29, 1.82) is 0 Å². The topological polar surface area (TPSA) is 67.9 Å². The molecule has 3 aromatic carbocycles. The first-order valence-corrected chi connectivity index (χ1v) is 13.9. The van der Waals surface area contributed by atoms with Gasteiger partial charge in [-0.25, -0.2) is 17.2 Å². The first-order chi connectivity index (χ1) is 17.5. The van der Waals surface area contributed by atoms with Gasteiger partial charge in [0, 0.05) is 41.5 Å². The molecule has 1 aliphatic carbocycles. The van der Waals surface area contributed by atoms with Gasteiger partial charge in [0.15, 0.2) is 11.6 Å². The first-order valence-electron chi connectivity index (χ1n) is 12.0. The fourth-order valence-electron chi connectivity index (χ4n) is 4.66. The zero-order valence-electron chi connectivity index (χ0n) is 21.9. The molecule has 0 bridgehead atoms. The molecule has 6 nitrogen and oxygen atoms in total. The van der Waals surface area contributed by atoms with Gasteiger partial charge in [-0.1, -0.05) is 12.1 Å². The van der Waals surface area contributed by atoms with E-state index in [9.17, 15) is 8.42 Å². The van der Waals surface area contributed by atoms with Gasteiger partial charge in [-0.15, -0.1) is 0 Å². The van der Waals surface area contributed by atoms with Crippen LogP contribution in [0.3, 0.4) is 0 Å². The Morgan fingerprint density at radius 3 is 1.84 bits per heavy atom. The Morgan fingerprint density at radius 2 is 1.41 bits per heavy atom. The molecule has 198 valence electrons. The van der Waals surface area contributed by atoms with E-state index in [4.69, 9.17) is 9.47 Å². The zero-order valence-corrected chi connectivity index (χ0v) is 22.7. The highest BCUT2D eigenvalue weighted by Gasteiger charge is 2.27. The van der Waals surface area contributed by atoms with Crippen LogP contribution >= 0.6 is 0 Å².